The van der Waals surface area contributed by atoms with Crippen LogP contribution >= 0.6 is 0 Å². The van der Waals surface area contributed by atoms with Gasteiger partial charge in [-0.1, -0.05) is 75.4 Å². The third kappa shape index (κ3) is 9.38. The molecule has 0 fully saturated rings. The molecule has 2 amide bonds. The summed E-state index contributed by atoms with van der Waals surface area (Å²) in [5.41, 5.74) is 4.18. The molecule has 4 rings (SSSR count). The average Bonchev–Trinajstić information content (AvgIpc) is 3.43. The van der Waals surface area contributed by atoms with Crippen molar-refractivity contribution in [2.24, 2.45) is 11.3 Å². The van der Waals surface area contributed by atoms with Crippen molar-refractivity contribution in [2.75, 3.05) is 24.7 Å². The summed E-state index contributed by atoms with van der Waals surface area (Å²) in [6, 6.07) is 15.7. The van der Waals surface area contributed by atoms with Gasteiger partial charge in [-0.3, -0.25) is 14.4 Å². The molecule has 2 aromatic carbocycles. The van der Waals surface area contributed by atoms with Crippen molar-refractivity contribution in [3.05, 3.63) is 54.1 Å². The fraction of sp³-hybridized carbons (Fsp3) is 0.553. The van der Waals surface area contributed by atoms with Crippen LogP contribution in [0.15, 0.2) is 48.5 Å². The monoisotopic (exact) mass is 659 g/mol. The number of hydrogen-bond acceptors (Lipinski definition) is 7. The second-order valence-electron chi connectivity index (χ2n) is 14.4. The molecular formula is C38H53N5O5. The minimum absolute atomic E-state index is 0.0142. The predicted octanol–water partition coefficient (Wildman–Crippen LogP) is 6.61. The number of carbonyl (C=O) groups excluding carboxylic acids is 3. The van der Waals surface area contributed by atoms with Gasteiger partial charge in [0.1, 0.15) is 11.5 Å². The standard InChI is InChI=1S/C38H53N5O5/c1-26(2)36(46)37(5,6)20-23-48-38(7,8)19-21-39-32(44)17-18-33(45)42-25-28-13-9-10-14-29(28)35-34(30-15-11-12-16-31(30)42)40-41-43(35)22-24-47-27(3)4/h9-16,26-27H,17-25H2,1-8H3,(H,39,44). The molecule has 1 aliphatic rings. The summed E-state index contributed by atoms with van der Waals surface area (Å²) in [6.07, 6.45) is 1.49. The molecule has 0 atom stereocenters. The summed E-state index contributed by atoms with van der Waals surface area (Å²) < 4.78 is 13.8. The molecule has 0 aliphatic carbocycles. The molecule has 48 heavy (non-hydrogen) atoms. The Bertz CT molecular complexity index is 1570. The SMILES string of the molecule is CC(C)OCCn1nnc2c1-c1ccccc1CN(C(=O)CCC(=O)NCCC(C)(C)OCCC(C)(C)C(=O)C(C)C)c1ccccc1-2. The van der Waals surface area contributed by atoms with E-state index in [4.69, 9.17) is 9.47 Å². The fourth-order valence-electron chi connectivity index (χ4n) is 6.08. The number of nitrogens with zero attached hydrogens (tertiary/aromatic N) is 4. The van der Waals surface area contributed by atoms with Crippen molar-refractivity contribution in [1.29, 1.82) is 0 Å². The molecule has 10 heteroatoms. The summed E-state index contributed by atoms with van der Waals surface area (Å²) in [6.45, 7) is 18.1. The zero-order chi connectivity index (χ0) is 35.1. The van der Waals surface area contributed by atoms with Crippen molar-refractivity contribution in [3.63, 3.8) is 0 Å². The Hall–Kier alpha value is -3.89. The molecule has 0 unspecified atom stereocenters. The molecule has 0 radical (unpaired) electrons. The van der Waals surface area contributed by atoms with Crippen molar-refractivity contribution in [1.82, 2.24) is 20.3 Å². The van der Waals surface area contributed by atoms with E-state index in [2.05, 4.69) is 15.6 Å². The lowest BCUT2D eigenvalue weighted by Gasteiger charge is -2.30. The highest BCUT2D eigenvalue weighted by Gasteiger charge is 2.31. The molecule has 1 N–H and O–H groups in total. The van der Waals surface area contributed by atoms with E-state index < -0.39 is 11.0 Å². The second-order valence-corrected chi connectivity index (χ2v) is 14.4. The molecule has 2 heterocycles. The van der Waals surface area contributed by atoms with E-state index in [0.717, 1.165) is 28.1 Å². The highest BCUT2D eigenvalue weighted by atomic mass is 16.5. The Morgan fingerprint density at radius 2 is 1.58 bits per heavy atom. The maximum Gasteiger partial charge on any atom is 0.227 e. The largest absolute Gasteiger partial charge is 0.377 e. The lowest BCUT2D eigenvalue weighted by Crippen LogP contribution is -2.36. The van der Waals surface area contributed by atoms with Gasteiger partial charge in [0.2, 0.25) is 11.8 Å². The predicted molar refractivity (Wildman–Crippen MR) is 188 cm³/mol. The fourth-order valence-corrected chi connectivity index (χ4v) is 6.08. The number of para-hydroxylation sites is 1. The average molecular weight is 660 g/mol. The van der Waals surface area contributed by atoms with E-state index >= 15 is 0 Å². The molecule has 0 spiro atoms. The molecule has 3 aromatic rings. The number of aromatic nitrogens is 3. The van der Waals surface area contributed by atoms with E-state index in [1.54, 1.807) is 4.90 Å². The molecule has 1 aliphatic heterocycles. The first-order valence-electron chi connectivity index (χ1n) is 17.2. The van der Waals surface area contributed by atoms with Crippen molar-refractivity contribution in [3.8, 4) is 22.5 Å². The van der Waals surface area contributed by atoms with Gasteiger partial charge in [0.15, 0.2) is 0 Å². The van der Waals surface area contributed by atoms with Crippen LogP contribution in [0.25, 0.3) is 22.5 Å². The molecule has 260 valence electrons. The minimum atomic E-state index is -0.468. The van der Waals surface area contributed by atoms with E-state index in [0.29, 0.717) is 51.4 Å². The van der Waals surface area contributed by atoms with Gasteiger partial charge in [0.05, 0.1) is 42.8 Å². The number of anilines is 1. The number of carbonyl (C=O) groups is 3. The van der Waals surface area contributed by atoms with Crippen LogP contribution in [0.4, 0.5) is 5.69 Å². The number of rotatable bonds is 16. The Labute approximate surface area is 285 Å². The Kier molecular flexibility index (Phi) is 12.3. The van der Waals surface area contributed by atoms with Gasteiger partial charge in [0, 0.05) is 48.5 Å². The van der Waals surface area contributed by atoms with Crippen LogP contribution in [0.3, 0.4) is 0 Å². The lowest BCUT2D eigenvalue weighted by molar-refractivity contribution is -0.132. The first-order chi connectivity index (χ1) is 22.7. The highest BCUT2D eigenvalue weighted by Crippen LogP contribution is 2.41. The van der Waals surface area contributed by atoms with Crippen LogP contribution in [-0.4, -0.2) is 64.1 Å². The van der Waals surface area contributed by atoms with Gasteiger partial charge in [-0.15, -0.1) is 5.10 Å². The van der Waals surface area contributed by atoms with Gasteiger partial charge in [-0.05, 0) is 52.2 Å². The quantitative estimate of drug-likeness (QED) is 0.184. The van der Waals surface area contributed by atoms with Crippen LogP contribution in [0, 0.1) is 11.3 Å². The molecule has 0 saturated carbocycles. The summed E-state index contributed by atoms with van der Waals surface area (Å²) in [4.78, 5) is 40.9. The summed E-state index contributed by atoms with van der Waals surface area (Å²) in [5, 5.41) is 12.1. The molecular weight excluding hydrogens is 606 g/mol. The van der Waals surface area contributed by atoms with Crippen LogP contribution in [0.5, 0.6) is 0 Å². The number of fused-ring (bicyclic) bond motifs is 5. The van der Waals surface area contributed by atoms with Crippen LogP contribution in [0.1, 0.15) is 86.6 Å². The van der Waals surface area contributed by atoms with E-state index in [-0.39, 0.29) is 42.5 Å². The minimum Gasteiger partial charge on any atom is -0.377 e. The first-order valence-corrected chi connectivity index (χ1v) is 17.2. The Balaban J connectivity index is 1.39. The zero-order valence-electron chi connectivity index (χ0n) is 30.0. The summed E-state index contributed by atoms with van der Waals surface area (Å²) in [5.74, 6) is -0.109. The summed E-state index contributed by atoms with van der Waals surface area (Å²) in [7, 11) is 0. The van der Waals surface area contributed by atoms with Gasteiger partial charge in [0.25, 0.3) is 0 Å². The van der Waals surface area contributed by atoms with Crippen molar-refractivity contribution in [2.45, 2.75) is 106 Å². The number of nitrogens with one attached hydrogen (secondary N) is 1. The van der Waals surface area contributed by atoms with Gasteiger partial charge in [-0.25, -0.2) is 4.68 Å². The van der Waals surface area contributed by atoms with E-state index in [1.807, 2.05) is 109 Å². The smallest absolute Gasteiger partial charge is 0.227 e. The van der Waals surface area contributed by atoms with Gasteiger partial charge < -0.3 is 19.7 Å². The zero-order valence-corrected chi connectivity index (χ0v) is 30.0. The molecule has 1 aromatic heterocycles. The third-order valence-corrected chi connectivity index (χ3v) is 8.87. The maximum atomic E-state index is 13.8. The number of benzene rings is 2. The topological polar surface area (TPSA) is 116 Å². The van der Waals surface area contributed by atoms with Crippen LogP contribution < -0.4 is 10.2 Å². The highest BCUT2D eigenvalue weighted by molar-refractivity contribution is 6.01. The van der Waals surface area contributed by atoms with Crippen molar-refractivity contribution < 1.29 is 23.9 Å². The number of ketones is 1. The molecule has 0 bridgehead atoms. The molecule has 10 nitrogen and oxygen atoms in total. The normalized spacial score (nSPS) is 13.1. The van der Waals surface area contributed by atoms with Gasteiger partial charge >= 0.3 is 0 Å². The third-order valence-electron chi connectivity index (χ3n) is 8.87. The number of Topliss-reactive ketones (excluding diaryl/α,β-unsaturated/α-hetero) is 1. The van der Waals surface area contributed by atoms with Crippen LogP contribution in [0.2, 0.25) is 0 Å². The molecule has 0 saturated heterocycles. The maximum absolute atomic E-state index is 13.8. The Morgan fingerprint density at radius 3 is 2.29 bits per heavy atom. The summed E-state index contributed by atoms with van der Waals surface area (Å²) >= 11 is 0. The van der Waals surface area contributed by atoms with Gasteiger partial charge in [-0.2, -0.15) is 0 Å². The Morgan fingerprint density at radius 1 is 0.896 bits per heavy atom. The van der Waals surface area contributed by atoms with E-state index in [9.17, 15) is 14.4 Å². The van der Waals surface area contributed by atoms with Crippen molar-refractivity contribution >= 4 is 23.3 Å². The first kappa shape index (κ1) is 36.9. The second kappa shape index (κ2) is 16.0. The van der Waals surface area contributed by atoms with E-state index in [1.165, 1.54) is 0 Å². The number of amides is 2. The van der Waals surface area contributed by atoms with Crippen LogP contribution in [-0.2, 0) is 36.9 Å². The lowest BCUT2D eigenvalue weighted by atomic mass is 9.80. The number of ether oxygens (including phenoxy) is 2. The number of hydrogen-bond donors (Lipinski definition) is 1.